The molecule has 1 heterocycles. The number of benzene rings is 1. The summed E-state index contributed by atoms with van der Waals surface area (Å²) in [6.07, 6.45) is 0.414. The zero-order chi connectivity index (χ0) is 11.1. The van der Waals surface area contributed by atoms with Crippen molar-refractivity contribution >= 4 is 5.97 Å². The van der Waals surface area contributed by atoms with Crippen LogP contribution in [0.1, 0.15) is 18.9 Å². The second-order valence-corrected chi connectivity index (χ2v) is 3.65. The van der Waals surface area contributed by atoms with Crippen molar-refractivity contribution in [1.82, 2.24) is 0 Å². The van der Waals surface area contributed by atoms with Crippen LogP contribution in [0.15, 0.2) is 18.2 Å². The Morgan fingerprint density at radius 2 is 2.40 bits per heavy atom. The van der Waals surface area contributed by atoms with Crippen LogP contribution in [0, 0.1) is 5.82 Å². The summed E-state index contributed by atoms with van der Waals surface area (Å²) in [4.78, 5) is 11.1. The van der Waals surface area contributed by atoms with Gasteiger partial charge in [-0.15, -0.1) is 0 Å². The molecule has 1 unspecified atom stereocenters. The third-order valence-electron chi connectivity index (χ3n) is 2.80. The van der Waals surface area contributed by atoms with Crippen LogP contribution >= 0.6 is 0 Å². The third-order valence-corrected chi connectivity index (χ3v) is 2.80. The Bertz CT molecular complexity index is 416. The number of carboxylic acids is 1. The molecule has 15 heavy (non-hydrogen) atoms. The molecule has 0 radical (unpaired) electrons. The molecule has 1 aliphatic heterocycles. The maximum Gasteiger partial charge on any atom is 0.348 e. The summed E-state index contributed by atoms with van der Waals surface area (Å²) in [5.74, 6) is -1.09. The number of ether oxygens (including phenoxy) is 1. The Balaban J connectivity index is 2.44. The van der Waals surface area contributed by atoms with Gasteiger partial charge in [-0.3, -0.25) is 0 Å². The van der Waals surface area contributed by atoms with E-state index >= 15 is 0 Å². The molecule has 0 saturated heterocycles. The van der Waals surface area contributed by atoms with Gasteiger partial charge in [0.2, 0.25) is 5.60 Å². The lowest BCUT2D eigenvalue weighted by Gasteiger charge is -2.21. The topological polar surface area (TPSA) is 46.5 Å². The van der Waals surface area contributed by atoms with Gasteiger partial charge in [-0.25, -0.2) is 9.18 Å². The van der Waals surface area contributed by atoms with Crippen molar-refractivity contribution in [3.05, 3.63) is 29.6 Å². The molecule has 1 atom stereocenters. The number of hydrogen-bond donors (Lipinski definition) is 1. The molecule has 80 valence electrons. The molecule has 1 N–H and O–H groups in total. The van der Waals surface area contributed by atoms with E-state index in [0.717, 1.165) is 0 Å². The number of hydrogen-bond acceptors (Lipinski definition) is 2. The minimum absolute atomic E-state index is 0.0981. The van der Waals surface area contributed by atoms with Crippen molar-refractivity contribution in [3.8, 4) is 5.75 Å². The van der Waals surface area contributed by atoms with Crippen LogP contribution in [-0.4, -0.2) is 16.7 Å². The summed E-state index contributed by atoms with van der Waals surface area (Å²) < 4.78 is 18.7. The zero-order valence-corrected chi connectivity index (χ0v) is 8.29. The first-order chi connectivity index (χ1) is 7.09. The first-order valence-corrected chi connectivity index (χ1v) is 4.79. The maximum atomic E-state index is 13.4. The summed E-state index contributed by atoms with van der Waals surface area (Å²) in [5.41, 5.74) is -0.924. The molecular weight excluding hydrogens is 199 g/mol. The second-order valence-electron chi connectivity index (χ2n) is 3.65. The lowest BCUT2D eigenvalue weighted by atomic mass is 9.94. The summed E-state index contributed by atoms with van der Waals surface area (Å²) >= 11 is 0. The molecule has 0 aromatic heterocycles. The fourth-order valence-corrected chi connectivity index (χ4v) is 1.81. The first kappa shape index (κ1) is 9.96. The van der Waals surface area contributed by atoms with E-state index in [2.05, 4.69) is 0 Å². The van der Waals surface area contributed by atoms with E-state index in [0.29, 0.717) is 17.7 Å². The van der Waals surface area contributed by atoms with Crippen LogP contribution in [0.4, 0.5) is 4.39 Å². The highest BCUT2D eigenvalue weighted by molar-refractivity contribution is 5.80. The van der Waals surface area contributed by atoms with Crippen molar-refractivity contribution in [1.29, 1.82) is 0 Å². The lowest BCUT2D eigenvalue weighted by molar-refractivity contribution is -0.154. The van der Waals surface area contributed by atoms with Gasteiger partial charge in [-0.1, -0.05) is 13.0 Å². The maximum absolute atomic E-state index is 13.4. The lowest BCUT2D eigenvalue weighted by Crippen LogP contribution is -2.42. The van der Waals surface area contributed by atoms with Gasteiger partial charge in [0.25, 0.3) is 0 Å². The predicted molar refractivity (Wildman–Crippen MR) is 51.4 cm³/mol. The predicted octanol–water partition coefficient (Wildman–Crippen LogP) is 1.99. The van der Waals surface area contributed by atoms with Crippen LogP contribution in [0.5, 0.6) is 5.75 Å². The number of carboxylic acid groups (broad SMARTS) is 1. The van der Waals surface area contributed by atoms with Crippen molar-refractivity contribution < 1.29 is 19.0 Å². The normalized spacial score (nSPS) is 23.3. The minimum Gasteiger partial charge on any atom is -0.478 e. The molecule has 1 aromatic carbocycles. The van der Waals surface area contributed by atoms with Crippen LogP contribution in [-0.2, 0) is 11.2 Å². The standard InChI is InChI=1S/C11H11FO3/c1-2-11(10(13)14)6-7-8(12)4-3-5-9(7)15-11/h3-5H,2,6H2,1H3,(H,13,14). The van der Waals surface area contributed by atoms with Crippen LogP contribution in [0.25, 0.3) is 0 Å². The van der Waals surface area contributed by atoms with Gasteiger partial charge >= 0.3 is 5.97 Å². The van der Waals surface area contributed by atoms with E-state index in [1.165, 1.54) is 12.1 Å². The molecule has 4 heteroatoms. The molecule has 0 spiro atoms. The fourth-order valence-electron chi connectivity index (χ4n) is 1.81. The molecule has 0 amide bonds. The Kier molecular flexibility index (Phi) is 2.14. The van der Waals surface area contributed by atoms with Crippen molar-refractivity contribution in [2.24, 2.45) is 0 Å². The highest BCUT2D eigenvalue weighted by Crippen LogP contribution is 2.38. The van der Waals surface area contributed by atoms with E-state index in [1.54, 1.807) is 13.0 Å². The van der Waals surface area contributed by atoms with Gasteiger partial charge in [0.15, 0.2) is 0 Å². The van der Waals surface area contributed by atoms with Crippen LogP contribution in [0.2, 0.25) is 0 Å². The number of halogens is 1. The summed E-state index contributed by atoms with van der Waals surface area (Å²) in [6.45, 7) is 1.72. The largest absolute Gasteiger partial charge is 0.478 e. The Hall–Kier alpha value is -1.58. The van der Waals surface area contributed by atoms with Gasteiger partial charge in [0.1, 0.15) is 11.6 Å². The molecule has 0 saturated carbocycles. The smallest absolute Gasteiger partial charge is 0.348 e. The molecule has 1 aromatic rings. The third kappa shape index (κ3) is 1.37. The highest BCUT2D eigenvalue weighted by atomic mass is 19.1. The Morgan fingerprint density at radius 3 is 2.93 bits per heavy atom. The second kappa shape index (κ2) is 3.22. The van der Waals surface area contributed by atoms with Gasteiger partial charge in [-0.2, -0.15) is 0 Å². The van der Waals surface area contributed by atoms with E-state index < -0.39 is 17.4 Å². The van der Waals surface area contributed by atoms with Crippen LogP contribution < -0.4 is 4.74 Å². The average molecular weight is 210 g/mol. The monoisotopic (exact) mass is 210 g/mol. The fraction of sp³-hybridized carbons (Fsp3) is 0.364. The van der Waals surface area contributed by atoms with Crippen molar-refractivity contribution in [3.63, 3.8) is 0 Å². The molecule has 3 nitrogen and oxygen atoms in total. The van der Waals surface area contributed by atoms with E-state index in [-0.39, 0.29) is 6.42 Å². The number of fused-ring (bicyclic) bond motifs is 1. The summed E-state index contributed by atoms with van der Waals surface area (Å²) in [5, 5.41) is 9.08. The minimum atomic E-state index is -1.29. The van der Waals surface area contributed by atoms with E-state index in [1.807, 2.05) is 0 Å². The molecule has 0 aliphatic carbocycles. The number of aliphatic carboxylic acids is 1. The number of carbonyl (C=O) groups is 1. The summed E-state index contributed by atoms with van der Waals surface area (Å²) in [6, 6.07) is 4.43. The zero-order valence-electron chi connectivity index (χ0n) is 8.29. The van der Waals surface area contributed by atoms with Crippen molar-refractivity contribution in [2.45, 2.75) is 25.4 Å². The van der Waals surface area contributed by atoms with Gasteiger partial charge in [0, 0.05) is 12.0 Å². The van der Waals surface area contributed by atoms with Crippen LogP contribution in [0.3, 0.4) is 0 Å². The van der Waals surface area contributed by atoms with Gasteiger partial charge in [0.05, 0.1) is 0 Å². The van der Waals surface area contributed by atoms with E-state index in [4.69, 9.17) is 9.84 Å². The number of rotatable bonds is 2. The molecular formula is C11H11FO3. The molecule has 0 fully saturated rings. The molecule has 2 rings (SSSR count). The highest BCUT2D eigenvalue weighted by Gasteiger charge is 2.45. The summed E-state index contributed by atoms with van der Waals surface area (Å²) in [7, 11) is 0. The Labute approximate surface area is 86.5 Å². The SMILES string of the molecule is CCC1(C(=O)O)Cc2c(F)cccc2O1. The quantitative estimate of drug-likeness (QED) is 0.812. The molecule has 0 bridgehead atoms. The average Bonchev–Trinajstić information content (AvgIpc) is 2.59. The van der Waals surface area contributed by atoms with Gasteiger partial charge in [-0.05, 0) is 18.6 Å². The Morgan fingerprint density at radius 1 is 1.67 bits per heavy atom. The van der Waals surface area contributed by atoms with Gasteiger partial charge < -0.3 is 9.84 Å². The van der Waals surface area contributed by atoms with Crippen molar-refractivity contribution in [2.75, 3.05) is 0 Å². The molecule has 1 aliphatic rings. The van der Waals surface area contributed by atoms with E-state index in [9.17, 15) is 9.18 Å². The first-order valence-electron chi connectivity index (χ1n) is 4.79.